The van der Waals surface area contributed by atoms with Crippen molar-refractivity contribution in [1.82, 2.24) is 10.2 Å². The van der Waals surface area contributed by atoms with E-state index >= 15 is 0 Å². The molecule has 0 bridgehead atoms. The van der Waals surface area contributed by atoms with Crippen molar-refractivity contribution < 1.29 is 9.90 Å². The Labute approximate surface area is 149 Å². The summed E-state index contributed by atoms with van der Waals surface area (Å²) in [4.78, 5) is 14.7. The molecule has 0 aromatic heterocycles. The molecule has 132 valence electrons. The number of hydrogen-bond donors (Lipinski definition) is 2. The molecule has 1 atom stereocenters. The maximum absolute atomic E-state index is 12.2. The zero-order valence-electron chi connectivity index (χ0n) is 14.5. The molecule has 1 aromatic rings. The van der Waals surface area contributed by atoms with E-state index in [1.807, 2.05) is 6.07 Å². The molecule has 1 amide bonds. The van der Waals surface area contributed by atoms with Gasteiger partial charge in [-0.3, -0.25) is 9.69 Å². The topological polar surface area (TPSA) is 52.6 Å². The van der Waals surface area contributed by atoms with E-state index in [-0.39, 0.29) is 5.91 Å². The molecule has 0 radical (unpaired) electrons. The van der Waals surface area contributed by atoms with E-state index in [1.54, 1.807) is 11.8 Å². The van der Waals surface area contributed by atoms with Crippen molar-refractivity contribution in [2.24, 2.45) is 5.92 Å². The number of thioether (sulfide) groups is 1. The maximum Gasteiger partial charge on any atom is 0.253 e. The second-order valence-corrected chi connectivity index (χ2v) is 8.40. The smallest absolute Gasteiger partial charge is 0.253 e. The third-order valence-electron chi connectivity index (χ3n) is 5.15. The zero-order chi connectivity index (χ0) is 17.0. The van der Waals surface area contributed by atoms with Gasteiger partial charge in [-0.2, -0.15) is 11.8 Å². The molecule has 2 saturated heterocycles. The lowest BCUT2D eigenvalue weighted by Crippen LogP contribution is -2.46. The molecule has 0 saturated carbocycles. The number of piperidine rings is 1. The molecule has 2 heterocycles. The monoisotopic (exact) mass is 348 g/mol. The van der Waals surface area contributed by atoms with Crippen molar-refractivity contribution in [3.05, 3.63) is 35.4 Å². The van der Waals surface area contributed by atoms with E-state index in [0.717, 1.165) is 23.8 Å². The number of rotatable bonds is 5. The fraction of sp³-hybridized carbons (Fsp3) is 0.632. The van der Waals surface area contributed by atoms with Crippen LogP contribution in [0.25, 0.3) is 0 Å². The summed E-state index contributed by atoms with van der Waals surface area (Å²) in [5.41, 5.74) is 1.22. The highest BCUT2D eigenvalue weighted by Gasteiger charge is 2.39. The quantitative estimate of drug-likeness (QED) is 0.858. The minimum absolute atomic E-state index is 0.233. The van der Waals surface area contributed by atoms with Crippen molar-refractivity contribution >= 4 is 17.7 Å². The van der Waals surface area contributed by atoms with Gasteiger partial charge in [-0.25, -0.2) is 0 Å². The van der Waals surface area contributed by atoms with E-state index in [2.05, 4.69) is 35.3 Å². The zero-order valence-corrected chi connectivity index (χ0v) is 15.3. The van der Waals surface area contributed by atoms with Crippen LogP contribution in [0.15, 0.2) is 24.3 Å². The second kappa shape index (κ2) is 7.89. The number of carbonyl (C=O) groups excluding carboxylic acids is 1. The average molecular weight is 349 g/mol. The highest BCUT2D eigenvalue weighted by molar-refractivity contribution is 7.99. The van der Waals surface area contributed by atoms with Gasteiger partial charge >= 0.3 is 0 Å². The van der Waals surface area contributed by atoms with Crippen LogP contribution in [0.5, 0.6) is 0 Å². The predicted octanol–water partition coefficient (Wildman–Crippen LogP) is 2.40. The minimum Gasteiger partial charge on any atom is -0.379 e. The molecule has 0 spiro atoms. The number of likely N-dealkylation sites (tertiary alicyclic amines) is 1. The first-order chi connectivity index (χ1) is 11.5. The third-order valence-corrected chi connectivity index (χ3v) is 6.32. The fourth-order valence-corrected chi connectivity index (χ4v) is 4.64. The summed E-state index contributed by atoms with van der Waals surface area (Å²) in [7, 11) is 0. The Bertz CT molecular complexity index is 564. The normalized spacial score (nSPS) is 25.8. The Hall–Kier alpha value is -1.04. The number of aliphatic hydroxyl groups is 1. The average Bonchev–Trinajstić information content (AvgIpc) is 3.03. The minimum atomic E-state index is -1.17. The van der Waals surface area contributed by atoms with Crippen molar-refractivity contribution in [1.29, 1.82) is 0 Å². The number of amides is 1. The predicted molar refractivity (Wildman–Crippen MR) is 98.9 cm³/mol. The van der Waals surface area contributed by atoms with Gasteiger partial charge in [-0.1, -0.05) is 31.2 Å². The lowest BCUT2D eigenvalue weighted by atomic mass is 9.98. The lowest BCUT2D eigenvalue weighted by molar-refractivity contribution is -0.137. The third kappa shape index (κ3) is 4.52. The van der Waals surface area contributed by atoms with E-state index in [9.17, 15) is 9.90 Å². The van der Waals surface area contributed by atoms with Crippen molar-refractivity contribution in [2.45, 2.75) is 44.9 Å². The second-order valence-electron chi connectivity index (χ2n) is 7.30. The van der Waals surface area contributed by atoms with Crippen LogP contribution in [0, 0.1) is 5.92 Å². The van der Waals surface area contributed by atoms with E-state index in [1.165, 1.54) is 31.5 Å². The van der Waals surface area contributed by atoms with E-state index in [4.69, 9.17) is 0 Å². The molecule has 2 aliphatic heterocycles. The van der Waals surface area contributed by atoms with Gasteiger partial charge in [0.25, 0.3) is 5.91 Å². The molecule has 2 aliphatic rings. The van der Waals surface area contributed by atoms with Crippen LogP contribution < -0.4 is 5.32 Å². The molecule has 0 aliphatic carbocycles. The van der Waals surface area contributed by atoms with E-state index < -0.39 is 5.60 Å². The Kier molecular flexibility index (Phi) is 5.85. The van der Waals surface area contributed by atoms with Gasteiger partial charge in [-0.05, 0) is 55.1 Å². The van der Waals surface area contributed by atoms with Crippen LogP contribution in [0.2, 0.25) is 0 Å². The number of nitrogens with zero attached hydrogens (tertiary/aromatic N) is 1. The molecule has 3 rings (SSSR count). The molecular weight excluding hydrogens is 320 g/mol. The van der Waals surface area contributed by atoms with Crippen LogP contribution in [0.1, 0.15) is 37.3 Å². The van der Waals surface area contributed by atoms with Crippen LogP contribution in [0.4, 0.5) is 0 Å². The molecule has 2 fully saturated rings. The van der Waals surface area contributed by atoms with Crippen LogP contribution in [-0.4, -0.2) is 46.1 Å². The number of benzene rings is 1. The summed E-state index contributed by atoms with van der Waals surface area (Å²) in [6, 6.07) is 8.43. The molecule has 5 heteroatoms. The fourth-order valence-electron chi connectivity index (χ4n) is 3.40. The summed E-state index contributed by atoms with van der Waals surface area (Å²) >= 11 is 1.64. The Morgan fingerprint density at radius 3 is 2.83 bits per heavy atom. The molecule has 1 unspecified atom stereocenters. The van der Waals surface area contributed by atoms with Crippen molar-refractivity contribution in [3.8, 4) is 0 Å². The lowest BCUT2D eigenvalue weighted by Gasteiger charge is -2.30. The van der Waals surface area contributed by atoms with Crippen molar-refractivity contribution in [2.75, 3.05) is 24.6 Å². The SMILES string of the molecule is CC1CCN(Cc2cccc(CNC(=O)C3(O)CCSC3)c2)CC1. The summed E-state index contributed by atoms with van der Waals surface area (Å²) in [5, 5.41) is 13.2. The summed E-state index contributed by atoms with van der Waals surface area (Å²) in [6.45, 7) is 6.14. The van der Waals surface area contributed by atoms with E-state index in [0.29, 0.717) is 18.7 Å². The standard InChI is InChI=1S/C19H28N2O2S/c1-15-5-8-21(9-6-15)13-17-4-2-3-16(11-17)12-20-18(22)19(23)7-10-24-14-19/h2-4,11,15,23H,5-10,12-14H2,1H3,(H,20,22). The molecule has 1 aromatic carbocycles. The highest BCUT2D eigenvalue weighted by atomic mass is 32.2. The summed E-state index contributed by atoms with van der Waals surface area (Å²) in [5.74, 6) is 1.98. The summed E-state index contributed by atoms with van der Waals surface area (Å²) in [6.07, 6.45) is 3.12. The summed E-state index contributed by atoms with van der Waals surface area (Å²) < 4.78 is 0. The molecule has 4 nitrogen and oxygen atoms in total. The van der Waals surface area contributed by atoms with Gasteiger partial charge in [0.1, 0.15) is 0 Å². The molecule has 24 heavy (non-hydrogen) atoms. The van der Waals surface area contributed by atoms with Gasteiger partial charge in [0.2, 0.25) is 0 Å². The van der Waals surface area contributed by atoms with Gasteiger partial charge in [-0.15, -0.1) is 0 Å². The van der Waals surface area contributed by atoms with Crippen molar-refractivity contribution in [3.63, 3.8) is 0 Å². The van der Waals surface area contributed by atoms with Gasteiger partial charge < -0.3 is 10.4 Å². The van der Waals surface area contributed by atoms with Gasteiger partial charge in [0.15, 0.2) is 5.60 Å². The first-order valence-corrected chi connectivity index (χ1v) is 10.1. The first kappa shape index (κ1) is 17.8. The van der Waals surface area contributed by atoms with Gasteiger partial charge in [0.05, 0.1) is 0 Å². The Balaban J connectivity index is 1.52. The molecular formula is C19H28N2O2S. The number of carbonyl (C=O) groups is 1. The largest absolute Gasteiger partial charge is 0.379 e. The maximum atomic E-state index is 12.2. The van der Waals surface area contributed by atoms with Gasteiger partial charge in [0, 0.05) is 18.8 Å². The Morgan fingerprint density at radius 2 is 2.12 bits per heavy atom. The first-order valence-electron chi connectivity index (χ1n) is 8.94. The van der Waals surface area contributed by atoms with Crippen LogP contribution in [0.3, 0.4) is 0 Å². The molecule has 2 N–H and O–H groups in total. The number of hydrogen-bond acceptors (Lipinski definition) is 4. The van der Waals surface area contributed by atoms with Crippen LogP contribution >= 0.6 is 11.8 Å². The Morgan fingerprint density at radius 1 is 1.38 bits per heavy atom. The number of nitrogens with one attached hydrogen (secondary N) is 1. The van der Waals surface area contributed by atoms with Crippen LogP contribution in [-0.2, 0) is 17.9 Å². The highest BCUT2D eigenvalue weighted by Crippen LogP contribution is 2.28.